The molecule has 0 saturated carbocycles. The lowest BCUT2D eigenvalue weighted by Crippen LogP contribution is -2.07. The molecule has 5 heteroatoms. The van der Waals surface area contributed by atoms with Gasteiger partial charge in [0.15, 0.2) is 5.78 Å². The monoisotopic (exact) mass is 254 g/mol. The molecule has 1 rings (SSSR count). The van der Waals surface area contributed by atoms with E-state index in [-0.39, 0.29) is 0 Å². The fourth-order valence-electron chi connectivity index (χ4n) is 0.826. The average molecular weight is 254 g/mol. The third kappa shape index (κ3) is 7.05. The zero-order valence-electron chi connectivity index (χ0n) is 7.49. The van der Waals surface area contributed by atoms with Crippen molar-refractivity contribution in [1.82, 2.24) is 0 Å². The summed E-state index contributed by atoms with van der Waals surface area (Å²) in [6.07, 6.45) is 0. The molecule has 13 heavy (non-hydrogen) atoms. The standard InChI is InChI=1S/C8H14OS4/c9-8-5-10-1-3-12-7-13-4-2-11-6-8/h1-7H2. The summed E-state index contributed by atoms with van der Waals surface area (Å²) in [6, 6.07) is 0. The molecule has 0 aromatic rings. The van der Waals surface area contributed by atoms with Crippen molar-refractivity contribution in [2.75, 3.05) is 39.6 Å². The second-order valence-corrected chi connectivity index (χ2v) is 7.36. The Hall–Kier alpha value is 1.07. The minimum atomic E-state index is 0.408. The number of carbonyl (C=O) groups excluding carboxylic acids is 1. The highest BCUT2D eigenvalue weighted by molar-refractivity contribution is 8.16. The van der Waals surface area contributed by atoms with Crippen LogP contribution in [0.4, 0.5) is 0 Å². The summed E-state index contributed by atoms with van der Waals surface area (Å²) in [4.78, 5) is 11.2. The molecule has 1 saturated heterocycles. The zero-order valence-corrected chi connectivity index (χ0v) is 10.8. The second kappa shape index (κ2) is 8.38. The fraction of sp³-hybridized carbons (Fsp3) is 0.875. The molecule has 1 aliphatic rings. The first-order valence-electron chi connectivity index (χ1n) is 4.22. The van der Waals surface area contributed by atoms with Gasteiger partial charge >= 0.3 is 0 Å². The third-order valence-corrected chi connectivity index (χ3v) is 6.31. The first-order chi connectivity index (χ1) is 6.39. The molecular weight excluding hydrogens is 240 g/mol. The van der Waals surface area contributed by atoms with Crippen LogP contribution in [0.15, 0.2) is 0 Å². The summed E-state index contributed by atoms with van der Waals surface area (Å²) < 4.78 is 0. The van der Waals surface area contributed by atoms with E-state index >= 15 is 0 Å². The molecule has 1 aliphatic heterocycles. The molecule has 0 amide bonds. The normalized spacial score (nSPS) is 23.2. The summed E-state index contributed by atoms with van der Waals surface area (Å²) in [5.41, 5.74) is 0. The smallest absolute Gasteiger partial charge is 0.152 e. The molecule has 0 aromatic heterocycles. The maximum Gasteiger partial charge on any atom is 0.152 e. The molecule has 0 atom stereocenters. The van der Waals surface area contributed by atoms with Crippen LogP contribution in [-0.4, -0.2) is 45.4 Å². The van der Waals surface area contributed by atoms with E-state index < -0.39 is 0 Å². The molecule has 0 unspecified atom stereocenters. The molecule has 0 aromatic carbocycles. The highest BCUT2D eigenvalue weighted by Crippen LogP contribution is 2.17. The van der Waals surface area contributed by atoms with Gasteiger partial charge in [-0.1, -0.05) is 0 Å². The maximum absolute atomic E-state index is 11.2. The van der Waals surface area contributed by atoms with E-state index in [0.717, 1.165) is 23.0 Å². The second-order valence-electron chi connectivity index (χ2n) is 2.58. The van der Waals surface area contributed by atoms with Gasteiger partial charge in [-0.15, -0.1) is 0 Å². The molecular formula is C8H14OS4. The summed E-state index contributed by atoms with van der Waals surface area (Å²) in [5, 5.41) is 1.22. The van der Waals surface area contributed by atoms with Crippen molar-refractivity contribution in [2.45, 2.75) is 0 Å². The number of thioether (sulfide) groups is 4. The quantitative estimate of drug-likeness (QED) is 0.658. The fourth-order valence-corrected chi connectivity index (χ4v) is 5.20. The van der Waals surface area contributed by atoms with Crippen LogP contribution >= 0.6 is 47.0 Å². The van der Waals surface area contributed by atoms with E-state index in [1.165, 1.54) is 16.6 Å². The van der Waals surface area contributed by atoms with Crippen LogP contribution in [0, 0.1) is 0 Å². The number of ketones is 1. The summed E-state index contributed by atoms with van der Waals surface area (Å²) in [6.45, 7) is 0. The van der Waals surface area contributed by atoms with E-state index in [4.69, 9.17) is 0 Å². The topological polar surface area (TPSA) is 17.1 Å². The Morgan fingerprint density at radius 2 is 1.23 bits per heavy atom. The van der Waals surface area contributed by atoms with Crippen LogP contribution in [-0.2, 0) is 4.79 Å². The lowest BCUT2D eigenvalue weighted by molar-refractivity contribution is -0.114. The van der Waals surface area contributed by atoms with Crippen molar-refractivity contribution in [3.8, 4) is 0 Å². The Morgan fingerprint density at radius 1 is 0.769 bits per heavy atom. The third-order valence-electron chi connectivity index (χ3n) is 1.44. The Balaban J connectivity index is 2.14. The Kier molecular flexibility index (Phi) is 7.83. The van der Waals surface area contributed by atoms with Gasteiger partial charge < -0.3 is 0 Å². The SMILES string of the molecule is O=C1CSCCSCSCCSC1. The van der Waals surface area contributed by atoms with Crippen molar-refractivity contribution >= 4 is 52.8 Å². The van der Waals surface area contributed by atoms with Crippen molar-refractivity contribution in [3.63, 3.8) is 0 Å². The lowest BCUT2D eigenvalue weighted by Gasteiger charge is -2.05. The van der Waals surface area contributed by atoms with Gasteiger partial charge in [0.25, 0.3) is 0 Å². The Bertz CT molecular complexity index is 137. The molecule has 0 aliphatic carbocycles. The maximum atomic E-state index is 11.2. The first kappa shape index (κ1) is 12.1. The molecule has 0 N–H and O–H groups in total. The van der Waals surface area contributed by atoms with Gasteiger partial charge in [0.2, 0.25) is 0 Å². The van der Waals surface area contributed by atoms with Gasteiger partial charge in [-0.05, 0) is 0 Å². The van der Waals surface area contributed by atoms with Crippen molar-refractivity contribution < 1.29 is 4.79 Å². The molecule has 1 fully saturated rings. The van der Waals surface area contributed by atoms with Gasteiger partial charge in [-0.3, -0.25) is 4.79 Å². The van der Waals surface area contributed by atoms with Gasteiger partial charge in [-0.25, -0.2) is 0 Å². The van der Waals surface area contributed by atoms with Crippen LogP contribution in [0.25, 0.3) is 0 Å². The van der Waals surface area contributed by atoms with Crippen LogP contribution in [0.1, 0.15) is 0 Å². The number of rotatable bonds is 0. The molecule has 1 nitrogen and oxygen atoms in total. The van der Waals surface area contributed by atoms with Crippen molar-refractivity contribution in [1.29, 1.82) is 0 Å². The summed E-state index contributed by atoms with van der Waals surface area (Å²) in [7, 11) is 0. The van der Waals surface area contributed by atoms with Gasteiger partial charge in [0.05, 0.1) is 11.5 Å². The molecule has 0 spiro atoms. The molecule has 1 heterocycles. The Morgan fingerprint density at radius 3 is 1.77 bits per heavy atom. The minimum absolute atomic E-state index is 0.408. The number of hydrogen-bond acceptors (Lipinski definition) is 5. The highest BCUT2D eigenvalue weighted by atomic mass is 32.2. The van der Waals surface area contributed by atoms with Crippen molar-refractivity contribution in [3.05, 3.63) is 0 Å². The average Bonchev–Trinajstić information content (AvgIpc) is 2.11. The molecule has 0 radical (unpaired) electrons. The number of hydrogen-bond donors (Lipinski definition) is 0. The van der Waals surface area contributed by atoms with E-state index in [9.17, 15) is 4.79 Å². The Labute approximate surface area is 96.9 Å². The van der Waals surface area contributed by atoms with E-state index in [2.05, 4.69) is 0 Å². The predicted octanol–water partition coefficient (Wildman–Crippen LogP) is 2.46. The van der Waals surface area contributed by atoms with Crippen LogP contribution in [0.2, 0.25) is 0 Å². The molecule has 76 valence electrons. The lowest BCUT2D eigenvalue weighted by atomic mass is 10.5. The predicted molar refractivity (Wildman–Crippen MR) is 69.4 cm³/mol. The van der Waals surface area contributed by atoms with E-state index in [0.29, 0.717) is 5.78 Å². The number of carbonyl (C=O) groups is 1. The van der Waals surface area contributed by atoms with Gasteiger partial charge in [0, 0.05) is 28.1 Å². The van der Waals surface area contributed by atoms with Crippen molar-refractivity contribution in [2.24, 2.45) is 0 Å². The van der Waals surface area contributed by atoms with Gasteiger partial charge in [0.1, 0.15) is 0 Å². The zero-order chi connectivity index (χ0) is 9.36. The minimum Gasteiger partial charge on any atom is -0.298 e. The first-order valence-corrected chi connectivity index (χ1v) is 8.84. The van der Waals surface area contributed by atoms with Gasteiger partial charge in [-0.2, -0.15) is 47.0 Å². The largest absolute Gasteiger partial charge is 0.298 e. The summed E-state index contributed by atoms with van der Waals surface area (Å²) >= 11 is 7.55. The van der Waals surface area contributed by atoms with Crippen LogP contribution in [0.3, 0.4) is 0 Å². The summed E-state index contributed by atoms with van der Waals surface area (Å²) in [5.74, 6) is 6.49. The van der Waals surface area contributed by atoms with E-state index in [1.54, 1.807) is 23.5 Å². The van der Waals surface area contributed by atoms with E-state index in [1.807, 2.05) is 23.5 Å². The van der Waals surface area contributed by atoms with Crippen LogP contribution in [0.5, 0.6) is 0 Å². The van der Waals surface area contributed by atoms with Crippen LogP contribution < -0.4 is 0 Å². The highest BCUT2D eigenvalue weighted by Gasteiger charge is 2.03. The molecule has 0 bridgehead atoms. The number of Topliss-reactive ketones (excluding diaryl/α,β-unsaturated/α-hetero) is 1.